The number of fused-ring (bicyclic) bond motifs is 3. The number of nitrogens with two attached hydrogens (primary N) is 3. The van der Waals surface area contributed by atoms with E-state index >= 15 is 0 Å². The van der Waals surface area contributed by atoms with Crippen LogP contribution in [0.25, 0.3) is 0 Å². The molecule has 4 atom stereocenters. The standard InChI is InChI=1S/C26H39ClN4O5.C21H32ClN3O5.C12H24N2O3/c1-2-34-23-14-22(28)21(27)13-20(23)26(33)29-15-19-16-30(11-12-35-19)8-4-3-5-25(32)36-24-17-31-9-6-18(24)7-10-31;1-3-28-19-12-18(23)17(22)11-16(19)21(27)24-13-15-14-25(9-10-30-15)8-6-5-7-20(26)29-4-2;1-2-16-12(15)5-3-4-6-14-7-8-17-11(9-13)10-14/h13-14,18-19,24H,2-12,15-17,28H2,1H3,(H,29,33);11-12,15H,3-10,13-14,23H2,1-2H3,(H,24,27);11H,2-10,13H2,1H3/t19-,24-;15-;11-/m000/s1. The number of hydrogen-bond donors (Lipinski definition) is 5. The normalized spacial score (nSPS) is 21.7. The molecule has 0 unspecified atom stereocenters. The molecule has 6 aliphatic heterocycles. The largest absolute Gasteiger partial charge is 0.493 e. The van der Waals surface area contributed by atoms with Crippen LogP contribution in [0.4, 0.5) is 11.4 Å². The summed E-state index contributed by atoms with van der Waals surface area (Å²) in [7, 11) is 0. The first-order chi connectivity index (χ1) is 40.1. The summed E-state index contributed by atoms with van der Waals surface area (Å²) in [6, 6.07) is 6.20. The molecule has 2 bridgehead atoms. The van der Waals surface area contributed by atoms with Gasteiger partial charge in [-0.15, -0.1) is 0 Å². The number of nitrogen functional groups attached to an aromatic ring is 2. The number of anilines is 2. The van der Waals surface area contributed by atoms with E-state index in [9.17, 15) is 24.0 Å². The molecular formula is C59H95Cl2N9O13. The molecule has 24 heteroatoms. The first kappa shape index (κ1) is 69.0. The van der Waals surface area contributed by atoms with Crippen molar-refractivity contribution in [2.45, 2.75) is 123 Å². The van der Waals surface area contributed by atoms with E-state index in [0.717, 1.165) is 137 Å². The minimum Gasteiger partial charge on any atom is -0.493 e. The number of unbranched alkanes of at least 4 members (excludes halogenated alkanes) is 3. The number of hydrogen-bond acceptors (Lipinski definition) is 20. The second kappa shape index (κ2) is 38.3. The van der Waals surface area contributed by atoms with Crippen molar-refractivity contribution >= 4 is 64.3 Å². The van der Waals surface area contributed by atoms with Gasteiger partial charge in [0.1, 0.15) is 17.6 Å². The summed E-state index contributed by atoms with van der Waals surface area (Å²) >= 11 is 12.2. The Labute approximate surface area is 501 Å². The minimum absolute atomic E-state index is 0.0643. The third-order valence-electron chi connectivity index (χ3n) is 15.0. The van der Waals surface area contributed by atoms with Crippen molar-refractivity contribution in [1.82, 2.24) is 30.2 Å². The molecule has 2 amide bonds. The molecule has 6 heterocycles. The summed E-state index contributed by atoms with van der Waals surface area (Å²) in [6.07, 6.45) is 9.18. The van der Waals surface area contributed by atoms with E-state index in [2.05, 4.69) is 30.2 Å². The second-order valence-electron chi connectivity index (χ2n) is 21.3. The third-order valence-corrected chi connectivity index (χ3v) is 15.7. The van der Waals surface area contributed by atoms with Crippen LogP contribution < -0.4 is 37.3 Å². The Morgan fingerprint density at radius 2 is 0.964 bits per heavy atom. The summed E-state index contributed by atoms with van der Waals surface area (Å²) < 4.78 is 43.8. The van der Waals surface area contributed by atoms with Gasteiger partial charge in [-0.05, 0) is 130 Å². The highest BCUT2D eigenvalue weighted by Gasteiger charge is 2.36. The lowest BCUT2D eigenvalue weighted by Gasteiger charge is -2.43. The number of esters is 3. The van der Waals surface area contributed by atoms with Gasteiger partial charge in [0.05, 0.1) is 97.1 Å². The van der Waals surface area contributed by atoms with Gasteiger partial charge in [0, 0.05) is 96.8 Å². The van der Waals surface area contributed by atoms with E-state index in [0.29, 0.717) is 129 Å². The molecule has 2 aromatic carbocycles. The van der Waals surface area contributed by atoms with E-state index in [-0.39, 0.29) is 54.1 Å². The predicted molar refractivity (Wildman–Crippen MR) is 320 cm³/mol. The van der Waals surface area contributed by atoms with Gasteiger partial charge in [-0.1, -0.05) is 23.2 Å². The Hall–Kier alpha value is -4.75. The molecule has 6 saturated heterocycles. The fourth-order valence-corrected chi connectivity index (χ4v) is 10.9. The lowest BCUT2D eigenvalue weighted by molar-refractivity contribution is -0.159. The van der Waals surface area contributed by atoms with Gasteiger partial charge in [0.25, 0.3) is 11.8 Å². The van der Waals surface area contributed by atoms with Crippen LogP contribution in [-0.2, 0) is 42.8 Å². The Morgan fingerprint density at radius 1 is 0.554 bits per heavy atom. The Morgan fingerprint density at radius 3 is 1.35 bits per heavy atom. The quantitative estimate of drug-likeness (QED) is 0.0294. The zero-order valence-electron chi connectivity index (χ0n) is 49.6. The maximum atomic E-state index is 12.8. The fraction of sp³-hybridized carbons (Fsp3) is 0.712. The lowest BCUT2D eigenvalue weighted by atomic mass is 9.86. The molecule has 22 nitrogen and oxygen atoms in total. The molecule has 0 aromatic heterocycles. The summed E-state index contributed by atoms with van der Waals surface area (Å²) in [5, 5.41) is 6.46. The first-order valence-corrected chi connectivity index (χ1v) is 30.8. The van der Waals surface area contributed by atoms with Crippen molar-refractivity contribution < 1.29 is 61.9 Å². The molecule has 8 N–H and O–H groups in total. The number of carbonyl (C=O) groups excluding carboxylic acids is 5. The molecule has 83 heavy (non-hydrogen) atoms. The number of nitrogens with zero attached hydrogens (tertiary/aromatic N) is 4. The maximum absolute atomic E-state index is 12.8. The van der Waals surface area contributed by atoms with Crippen LogP contribution >= 0.6 is 23.2 Å². The molecule has 8 rings (SSSR count). The van der Waals surface area contributed by atoms with E-state index < -0.39 is 0 Å². The van der Waals surface area contributed by atoms with Crippen molar-refractivity contribution in [3.8, 4) is 11.5 Å². The van der Waals surface area contributed by atoms with E-state index in [4.69, 9.17) is 78.3 Å². The number of carbonyl (C=O) groups is 5. The summed E-state index contributed by atoms with van der Waals surface area (Å²) in [5.74, 6) is 0.513. The molecule has 6 aliphatic rings. The Bertz CT molecular complexity index is 2300. The van der Waals surface area contributed by atoms with Crippen LogP contribution in [0, 0.1) is 5.92 Å². The maximum Gasteiger partial charge on any atom is 0.306 e. The van der Waals surface area contributed by atoms with Gasteiger partial charge >= 0.3 is 17.9 Å². The van der Waals surface area contributed by atoms with Crippen molar-refractivity contribution in [2.24, 2.45) is 11.7 Å². The Kier molecular flexibility index (Phi) is 31.9. The number of nitrogens with one attached hydrogen (secondary N) is 2. The number of benzene rings is 2. The van der Waals surface area contributed by atoms with Crippen molar-refractivity contribution in [2.75, 3.05) is 156 Å². The zero-order valence-corrected chi connectivity index (χ0v) is 51.1. The van der Waals surface area contributed by atoms with E-state index in [1.807, 2.05) is 27.7 Å². The average Bonchev–Trinajstić information content (AvgIpc) is 3.55. The predicted octanol–water partition coefficient (Wildman–Crippen LogP) is 5.42. The van der Waals surface area contributed by atoms with Crippen LogP contribution in [-0.4, -0.2) is 218 Å². The van der Waals surface area contributed by atoms with E-state index in [1.54, 1.807) is 12.1 Å². The van der Waals surface area contributed by atoms with Gasteiger partial charge < -0.3 is 65.7 Å². The third kappa shape index (κ3) is 25.0. The van der Waals surface area contributed by atoms with Gasteiger partial charge in [-0.25, -0.2) is 0 Å². The molecule has 2 aromatic rings. The smallest absolute Gasteiger partial charge is 0.306 e. The highest BCUT2D eigenvalue weighted by Crippen LogP contribution is 2.32. The molecule has 0 radical (unpaired) electrons. The van der Waals surface area contributed by atoms with Crippen LogP contribution in [0.2, 0.25) is 10.0 Å². The van der Waals surface area contributed by atoms with Crippen LogP contribution in [0.1, 0.15) is 119 Å². The topological polar surface area (TPSA) is 274 Å². The number of ether oxygens (including phenoxy) is 8. The summed E-state index contributed by atoms with van der Waals surface area (Å²) in [6.45, 7) is 23.4. The average molecular weight is 1210 g/mol. The molecule has 0 saturated carbocycles. The number of piperidine rings is 3. The molecule has 468 valence electrons. The van der Waals surface area contributed by atoms with Gasteiger partial charge in [0.15, 0.2) is 0 Å². The van der Waals surface area contributed by atoms with Crippen molar-refractivity contribution in [3.63, 3.8) is 0 Å². The number of halogens is 2. The number of morpholine rings is 3. The number of amides is 2. The monoisotopic (exact) mass is 1210 g/mol. The molecular weight excluding hydrogens is 1110 g/mol. The summed E-state index contributed by atoms with van der Waals surface area (Å²) in [4.78, 5) is 69.6. The minimum atomic E-state index is -0.282. The lowest BCUT2D eigenvalue weighted by Crippen LogP contribution is -2.51. The number of rotatable bonds is 29. The van der Waals surface area contributed by atoms with Gasteiger partial charge in [0.2, 0.25) is 0 Å². The van der Waals surface area contributed by atoms with Crippen LogP contribution in [0.3, 0.4) is 0 Å². The highest BCUT2D eigenvalue weighted by atomic mass is 35.5. The molecule has 0 spiro atoms. The van der Waals surface area contributed by atoms with Gasteiger partial charge in [-0.2, -0.15) is 0 Å². The zero-order chi connectivity index (χ0) is 59.9. The van der Waals surface area contributed by atoms with Gasteiger partial charge in [-0.3, -0.25) is 43.6 Å². The van der Waals surface area contributed by atoms with E-state index in [1.165, 1.54) is 12.1 Å². The second-order valence-corrected chi connectivity index (χ2v) is 22.1. The Balaban J connectivity index is 0.000000242. The SMILES string of the molecule is CCOC(=O)CCCCN1CCO[C@@H](CN)C1.CCOC(=O)CCCCN1CCO[C@@H](CNC(=O)c2cc(Cl)c(N)cc2OCC)C1.CCOc1cc(N)c(Cl)cc1C(=O)NC[C@H]1CN(CCCCC(=O)O[C@H]2CN3CCC2CC3)CCO1. The molecule has 0 aliphatic carbocycles. The van der Waals surface area contributed by atoms with Crippen molar-refractivity contribution in [1.29, 1.82) is 0 Å². The first-order valence-electron chi connectivity index (χ1n) is 30.1. The van der Waals surface area contributed by atoms with Crippen LogP contribution in [0.5, 0.6) is 11.5 Å². The van der Waals surface area contributed by atoms with Crippen molar-refractivity contribution in [3.05, 3.63) is 45.4 Å². The fourth-order valence-electron chi connectivity index (χ4n) is 10.5. The highest BCUT2D eigenvalue weighted by molar-refractivity contribution is 6.34. The molecule has 6 fully saturated rings. The van der Waals surface area contributed by atoms with Crippen LogP contribution in [0.15, 0.2) is 24.3 Å². The summed E-state index contributed by atoms with van der Waals surface area (Å²) in [5.41, 5.74) is 18.7.